The summed E-state index contributed by atoms with van der Waals surface area (Å²) in [5.74, 6) is -0.702. The van der Waals surface area contributed by atoms with E-state index < -0.39 is 12.0 Å². The molecule has 2 aliphatic rings. The molecular formula is C31H39N5O6S. The molecule has 12 heteroatoms. The van der Waals surface area contributed by atoms with E-state index >= 15 is 0 Å². The van der Waals surface area contributed by atoms with Crippen LogP contribution in [0.1, 0.15) is 49.9 Å². The molecule has 3 amide bonds. The van der Waals surface area contributed by atoms with Crippen molar-refractivity contribution in [2.45, 2.75) is 45.6 Å². The molecule has 4 rings (SSSR count). The van der Waals surface area contributed by atoms with Crippen LogP contribution in [0.15, 0.2) is 48.5 Å². The number of benzene rings is 2. The molecule has 0 saturated carbocycles. The molecule has 0 unspecified atom stereocenters. The summed E-state index contributed by atoms with van der Waals surface area (Å²) < 4.78 is 10.5. The quantitative estimate of drug-likeness (QED) is 0.259. The van der Waals surface area contributed by atoms with Gasteiger partial charge >= 0.3 is 5.97 Å². The van der Waals surface area contributed by atoms with Crippen molar-refractivity contribution in [3.8, 4) is 5.75 Å². The van der Waals surface area contributed by atoms with E-state index in [1.54, 1.807) is 55.5 Å². The highest BCUT2D eigenvalue weighted by molar-refractivity contribution is 7.80. The Kier molecular flexibility index (Phi) is 11.1. The summed E-state index contributed by atoms with van der Waals surface area (Å²) in [5.41, 5.74) is 6.94. The van der Waals surface area contributed by atoms with Crippen LogP contribution < -0.4 is 20.7 Å². The lowest BCUT2D eigenvalue weighted by molar-refractivity contribution is -0.124. The molecule has 230 valence electrons. The lowest BCUT2D eigenvalue weighted by atomic mass is 9.96. The predicted octanol–water partition coefficient (Wildman–Crippen LogP) is 3.18. The molecule has 11 nitrogen and oxygen atoms in total. The third kappa shape index (κ3) is 8.08. The SMILES string of the molecule is CCOC(=O)c1ccc(N2C(=O)[C@@H](CC(=O)Nc3ccc(OCC)cc3)N(CCCN3CCC(C(N)=O)CC3)C2=S)cc1. The molecule has 2 fully saturated rings. The third-order valence-corrected chi connectivity index (χ3v) is 8.06. The zero-order valence-corrected chi connectivity index (χ0v) is 25.4. The summed E-state index contributed by atoms with van der Waals surface area (Å²) >= 11 is 5.79. The molecular weight excluding hydrogens is 570 g/mol. The summed E-state index contributed by atoms with van der Waals surface area (Å²) in [6.45, 7) is 7.23. The van der Waals surface area contributed by atoms with Gasteiger partial charge in [0, 0.05) is 18.2 Å². The molecule has 2 aromatic carbocycles. The first kappa shape index (κ1) is 31.9. The van der Waals surface area contributed by atoms with Crippen molar-refractivity contribution in [2.24, 2.45) is 11.7 Å². The van der Waals surface area contributed by atoms with Gasteiger partial charge in [0.15, 0.2) is 5.11 Å². The average molecular weight is 610 g/mol. The predicted molar refractivity (Wildman–Crippen MR) is 167 cm³/mol. The lowest BCUT2D eigenvalue weighted by Crippen LogP contribution is -2.41. The van der Waals surface area contributed by atoms with Crippen LogP contribution in [0.25, 0.3) is 0 Å². The maximum Gasteiger partial charge on any atom is 0.338 e. The Morgan fingerprint density at radius 2 is 1.65 bits per heavy atom. The van der Waals surface area contributed by atoms with Crippen molar-refractivity contribution in [1.29, 1.82) is 0 Å². The standard InChI is InChI=1S/C31H39N5O6S/c1-3-41-25-12-8-23(9-13-25)33-27(37)20-26-29(39)36(24-10-6-22(7-11-24)30(40)42-4-2)31(43)35(26)17-5-16-34-18-14-21(15-19-34)28(32)38/h6-13,21,26H,3-5,14-20H2,1-2H3,(H2,32,38)(H,33,37)/t26-/m1/s1. The van der Waals surface area contributed by atoms with E-state index in [1.807, 2.05) is 11.8 Å². The van der Waals surface area contributed by atoms with E-state index in [-0.39, 0.29) is 36.7 Å². The minimum absolute atomic E-state index is 0.0814. The van der Waals surface area contributed by atoms with E-state index in [0.717, 1.165) is 32.5 Å². The molecule has 3 N–H and O–H groups in total. The molecule has 2 heterocycles. The molecule has 0 aliphatic carbocycles. The number of anilines is 2. The number of hydrogen-bond donors (Lipinski definition) is 2. The summed E-state index contributed by atoms with van der Waals surface area (Å²) in [4.78, 5) is 56.0. The Labute approximate surface area is 257 Å². The number of piperidine rings is 1. The number of carbonyl (C=O) groups excluding carboxylic acids is 4. The van der Waals surface area contributed by atoms with Gasteiger partial charge in [-0.05, 0) is 113 Å². The van der Waals surface area contributed by atoms with Crippen LogP contribution in [-0.4, -0.2) is 84.0 Å². The van der Waals surface area contributed by atoms with E-state index in [4.69, 9.17) is 27.4 Å². The second-order valence-electron chi connectivity index (χ2n) is 10.5. The minimum Gasteiger partial charge on any atom is -0.494 e. The number of primary amides is 1. The van der Waals surface area contributed by atoms with Crippen molar-refractivity contribution in [3.05, 3.63) is 54.1 Å². The number of likely N-dealkylation sites (tertiary alicyclic amines) is 1. The van der Waals surface area contributed by atoms with Gasteiger partial charge in [-0.2, -0.15) is 0 Å². The molecule has 2 saturated heterocycles. The van der Waals surface area contributed by atoms with Crippen LogP contribution in [0.4, 0.5) is 11.4 Å². The van der Waals surface area contributed by atoms with E-state index in [0.29, 0.717) is 47.4 Å². The number of nitrogens with one attached hydrogen (secondary N) is 1. The van der Waals surface area contributed by atoms with Gasteiger partial charge in [-0.1, -0.05) is 0 Å². The summed E-state index contributed by atoms with van der Waals surface area (Å²) in [6, 6.07) is 12.7. The first-order valence-electron chi connectivity index (χ1n) is 14.7. The Balaban J connectivity index is 1.46. The first-order chi connectivity index (χ1) is 20.7. The van der Waals surface area contributed by atoms with Crippen LogP contribution in [0.5, 0.6) is 5.75 Å². The molecule has 0 bridgehead atoms. The van der Waals surface area contributed by atoms with Gasteiger partial charge in [-0.3, -0.25) is 19.3 Å². The van der Waals surface area contributed by atoms with E-state index in [9.17, 15) is 19.2 Å². The van der Waals surface area contributed by atoms with Gasteiger partial charge in [-0.15, -0.1) is 0 Å². The highest BCUT2D eigenvalue weighted by atomic mass is 32.1. The molecule has 0 spiro atoms. The van der Waals surface area contributed by atoms with Crippen LogP contribution in [-0.2, 0) is 19.1 Å². The van der Waals surface area contributed by atoms with Crippen molar-refractivity contribution < 1.29 is 28.7 Å². The second-order valence-corrected chi connectivity index (χ2v) is 10.9. The van der Waals surface area contributed by atoms with Gasteiger partial charge < -0.3 is 30.3 Å². The van der Waals surface area contributed by atoms with Crippen LogP contribution in [0, 0.1) is 5.92 Å². The monoisotopic (exact) mass is 609 g/mol. The highest BCUT2D eigenvalue weighted by Gasteiger charge is 2.44. The van der Waals surface area contributed by atoms with Gasteiger partial charge in [0.05, 0.1) is 30.9 Å². The fourth-order valence-corrected chi connectivity index (χ4v) is 5.79. The van der Waals surface area contributed by atoms with E-state index in [1.165, 1.54) is 4.90 Å². The van der Waals surface area contributed by atoms with Crippen molar-refractivity contribution in [3.63, 3.8) is 0 Å². The zero-order valence-electron chi connectivity index (χ0n) is 24.6. The highest BCUT2D eigenvalue weighted by Crippen LogP contribution is 2.29. The summed E-state index contributed by atoms with van der Waals surface area (Å²) in [5, 5.41) is 3.17. The van der Waals surface area contributed by atoms with Gasteiger partial charge in [0.25, 0.3) is 5.91 Å². The van der Waals surface area contributed by atoms with Crippen LogP contribution >= 0.6 is 12.2 Å². The number of thiocarbonyl (C=S) groups is 1. The van der Waals surface area contributed by atoms with Crippen molar-refractivity contribution in [2.75, 3.05) is 49.6 Å². The number of ether oxygens (including phenoxy) is 2. The Morgan fingerprint density at radius 3 is 2.26 bits per heavy atom. The number of rotatable bonds is 13. The fraction of sp³-hybridized carbons (Fsp3) is 0.452. The number of esters is 1. The number of carbonyl (C=O) groups is 4. The Bertz CT molecular complexity index is 1310. The molecule has 0 radical (unpaired) electrons. The first-order valence-corrected chi connectivity index (χ1v) is 15.1. The molecule has 2 aromatic rings. The second kappa shape index (κ2) is 14.9. The summed E-state index contributed by atoms with van der Waals surface area (Å²) in [6.07, 6.45) is 2.09. The fourth-order valence-electron chi connectivity index (χ4n) is 5.38. The van der Waals surface area contributed by atoms with Gasteiger partial charge in [0.1, 0.15) is 11.8 Å². The zero-order chi connectivity index (χ0) is 30.9. The van der Waals surface area contributed by atoms with Crippen molar-refractivity contribution >= 4 is 52.4 Å². The van der Waals surface area contributed by atoms with E-state index in [2.05, 4.69) is 10.2 Å². The minimum atomic E-state index is -0.791. The Hall–Kier alpha value is -4.03. The average Bonchev–Trinajstić information content (AvgIpc) is 3.22. The number of hydrogen-bond acceptors (Lipinski definition) is 8. The molecule has 1 atom stereocenters. The van der Waals surface area contributed by atoms with Crippen LogP contribution in [0.3, 0.4) is 0 Å². The molecule has 0 aromatic heterocycles. The molecule has 2 aliphatic heterocycles. The number of nitrogens with zero attached hydrogens (tertiary/aromatic N) is 3. The lowest BCUT2D eigenvalue weighted by Gasteiger charge is -2.31. The maximum absolute atomic E-state index is 13.8. The smallest absolute Gasteiger partial charge is 0.338 e. The number of nitrogens with two attached hydrogens (primary N) is 1. The topological polar surface area (TPSA) is 135 Å². The van der Waals surface area contributed by atoms with Gasteiger partial charge in [0.2, 0.25) is 11.8 Å². The molecule has 43 heavy (non-hydrogen) atoms. The maximum atomic E-state index is 13.8. The normalized spacial score (nSPS) is 17.7. The Morgan fingerprint density at radius 1 is 0.977 bits per heavy atom. The van der Waals surface area contributed by atoms with Crippen molar-refractivity contribution in [1.82, 2.24) is 9.80 Å². The summed E-state index contributed by atoms with van der Waals surface area (Å²) in [7, 11) is 0. The van der Waals surface area contributed by atoms with Crippen LogP contribution in [0.2, 0.25) is 0 Å². The third-order valence-electron chi connectivity index (χ3n) is 7.65. The largest absolute Gasteiger partial charge is 0.494 e. The van der Waals surface area contributed by atoms with Gasteiger partial charge in [-0.25, -0.2) is 4.79 Å². The number of amides is 3.